The van der Waals surface area contributed by atoms with Crippen LogP contribution in [0.25, 0.3) is 0 Å². The minimum Gasteiger partial charge on any atom is -1.00 e. The van der Waals surface area contributed by atoms with Crippen LogP contribution in [0.4, 0.5) is 0 Å². The van der Waals surface area contributed by atoms with Gasteiger partial charge in [-0.2, -0.15) is 8.42 Å². The Bertz CT molecular complexity index is 345. The summed E-state index contributed by atoms with van der Waals surface area (Å²) in [5, 5.41) is 8.31. The van der Waals surface area contributed by atoms with E-state index < -0.39 is 21.0 Å². The van der Waals surface area contributed by atoms with Crippen LogP contribution in [0.3, 0.4) is 0 Å². The number of carbonyl (C=O) groups is 1. The fraction of sp³-hybridized carbons (Fsp3) is 0.167. The van der Waals surface area contributed by atoms with Crippen LogP contribution in [0.1, 0.15) is 8.35 Å². The van der Waals surface area contributed by atoms with Crippen molar-refractivity contribution in [1.29, 1.82) is 0 Å². The first-order valence-electron chi connectivity index (χ1n) is 2.83. The van der Waals surface area contributed by atoms with Gasteiger partial charge in [0.2, 0.25) is 0 Å². The normalized spacial score (nSPS) is 11.7. The van der Waals surface area contributed by atoms with Gasteiger partial charge < -0.3 is 6.53 Å². The molecule has 70 valence electrons. The fourth-order valence-corrected chi connectivity index (χ4v) is 0.703. The van der Waals surface area contributed by atoms with Crippen molar-refractivity contribution in [3.05, 3.63) is 23.1 Å². The number of allylic oxidation sites excluding steroid dienone is 1. The van der Waals surface area contributed by atoms with E-state index in [1.807, 2.05) is 0 Å². The minimum atomic E-state index is -4.37. The summed E-state index contributed by atoms with van der Waals surface area (Å²) < 4.78 is 29.0. The van der Waals surface area contributed by atoms with Crippen molar-refractivity contribution in [2.45, 2.75) is 6.92 Å². The first-order chi connectivity index (χ1) is 5.25. The van der Waals surface area contributed by atoms with Crippen molar-refractivity contribution in [2.24, 2.45) is 0 Å². The molecule has 0 unspecified atom stereocenters. The average Bonchev–Trinajstić information content (AvgIpc) is 1.85. The summed E-state index contributed by atoms with van der Waals surface area (Å²) in [5.74, 6) is -1.26. The summed E-state index contributed by atoms with van der Waals surface area (Å²) in [6.45, 7) is 4.16. The number of hydrogen-bond donors (Lipinski definition) is 2. The Kier molecular flexibility index (Phi) is 6.56. The van der Waals surface area contributed by atoms with Crippen molar-refractivity contribution < 1.29 is 53.9 Å². The molecule has 0 spiro atoms. The summed E-state index contributed by atoms with van der Waals surface area (Å²) in [7, 11) is -4.37. The first kappa shape index (κ1) is 15.3. The van der Waals surface area contributed by atoms with Gasteiger partial charge in [0.25, 0.3) is 10.1 Å². The summed E-state index contributed by atoms with van der Waals surface area (Å²) >= 11 is 0. The molecule has 0 amide bonds. The van der Waals surface area contributed by atoms with Gasteiger partial charge in [-0.3, -0.25) is 4.55 Å². The quantitative estimate of drug-likeness (QED) is 0.236. The second kappa shape index (κ2) is 5.56. The molecule has 7 heteroatoms. The third-order valence-electron chi connectivity index (χ3n) is 1.05. The van der Waals surface area contributed by atoms with Crippen LogP contribution in [-0.4, -0.2) is 24.0 Å². The number of carboxylic acids is 1. The third kappa shape index (κ3) is 6.00. The van der Waals surface area contributed by atoms with Crippen molar-refractivity contribution in [3.8, 4) is 0 Å². The first-order valence-corrected chi connectivity index (χ1v) is 4.27. The molecule has 0 aromatic heterocycles. The van der Waals surface area contributed by atoms with E-state index in [0.29, 0.717) is 0 Å². The van der Waals surface area contributed by atoms with E-state index in [2.05, 4.69) is 6.58 Å². The van der Waals surface area contributed by atoms with Gasteiger partial charge in [-0.1, -0.05) is 6.58 Å². The molecule has 0 saturated carbocycles. The molecule has 0 rings (SSSR count). The van der Waals surface area contributed by atoms with Gasteiger partial charge in [0.1, 0.15) is 0 Å². The molecule has 13 heavy (non-hydrogen) atoms. The maximum Gasteiger partial charge on any atom is 1.00 e. The van der Waals surface area contributed by atoms with E-state index in [4.69, 9.17) is 9.66 Å². The molecule has 0 fully saturated rings. The standard InChI is InChI=1S/C6H8O5S.Na.H/c1-4(6(7)8)3-5(2)12(9,10)11;;/h3H,2H2,1H3,(H,7,8)(H,9,10,11);;/q;+1;-1. The van der Waals surface area contributed by atoms with Crippen molar-refractivity contribution in [3.63, 3.8) is 0 Å². The Hall–Kier alpha value is -0.140. The van der Waals surface area contributed by atoms with Gasteiger partial charge in [-0.05, 0) is 13.0 Å². The largest absolute Gasteiger partial charge is 1.00 e. The van der Waals surface area contributed by atoms with Crippen molar-refractivity contribution in [1.82, 2.24) is 0 Å². The summed E-state index contributed by atoms with van der Waals surface area (Å²) in [6.07, 6.45) is 0.775. The average molecular weight is 216 g/mol. The molecule has 0 saturated heterocycles. The zero-order chi connectivity index (χ0) is 9.94. The van der Waals surface area contributed by atoms with E-state index >= 15 is 0 Å². The van der Waals surface area contributed by atoms with Crippen molar-refractivity contribution in [2.75, 3.05) is 0 Å². The van der Waals surface area contributed by atoms with Crippen LogP contribution in [0.5, 0.6) is 0 Å². The molecule has 0 radical (unpaired) electrons. The Morgan fingerprint density at radius 3 is 2.15 bits per heavy atom. The molecule has 0 aliphatic rings. The fourth-order valence-electron chi connectivity index (χ4n) is 0.378. The minimum absolute atomic E-state index is 0. The Balaban J connectivity index is -0.000000605. The van der Waals surface area contributed by atoms with Crippen LogP contribution in [0.15, 0.2) is 23.1 Å². The molecule has 2 N–H and O–H groups in total. The van der Waals surface area contributed by atoms with Crippen molar-refractivity contribution >= 4 is 16.1 Å². The number of hydrogen-bond acceptors (Lipinski definition) is 3. The van der Waals surface area contributed by atoms with E-state index in [1.165, 1.54) is 6.92 Å². The second-order valence-electron chi connectivity index (χ2n) is 2.07. The zero-order valence-electron chi connectivity index (χ0n) is 8.31. The monoisotopic (exact) mass is 216 g/mol. The van der Waals surface area contributed by atoms with Gasteiger partial charge in [0, 0.05) is 5.57 Å². The van der Waals surface area contributed by atoms with Gasteiger partial charge in [0.05, 0.1) is 4.91 Å². The molecule has 0 aromatic rings. The van der Waals surface area contributed by atoms with E-state index in [1.54, 1.807) is 0 Å². The maximum atomic E-state index is 10.3. The predicted molar refractivity (Wildman–Crippen MR) is 43.2 cm³/mol. The predicted octanol–water partition coefficient (Wildman–Crippen LogP) is -2.46. The summed E-state index contributed by atoms with van der Waals surface area (Å²) in [4.78, 5) is 9.54. The van der Waals surface area contributed by atoms with Gasteiger partial charge in [-0.25, -0.2) is 4.79 Å². The van der Waals surface area contributed by atoms with Gasteiger partial charge >= 0.3 is 35.5 Å². The molecular formula is C6H9NaO5S. The molecule has 0 heterocycles. The molecule has 0 aliphatic carbocycles. The Labute approximate surface area is 99.7 Å². The molecule has 0 atom stereocenters. The topological polar surface area (TPSA) is 91.7 Å². The van der Waals surface area contributed by atoms with Crippen LogP contribution in [-0.2, 0) is 14.9 Å². The van der Waals surface area contributed by atoms with Gasteiger partial charge in [-0.15, -0.1) is 0 Å². The third-order valence-corrected chi connectivity index (χ3v) is 1.83. The van der Waals surface area contributed by atoms with E-state index in [0.717, 1.165) is 6.08 Å². The smallest absolute Gasteiger partial charge is 1.00 e. The van der Waals surface area contributed by atoms with Crippen LogP contribution in [0, 0.1) is 0 Å². The number of carboxylic acid groups (broad SMARTS) is 1. The molecule has 5 nitrogen and oxygen atoms in total. The Morgan fingerprint density at radius 2 is 1.92 bits per heavy atom. The van der Waals surface area contributed by atoms with Crippen LogP contribution >= 0.6 is 0 Å². The van der Waals surface area contributed by atoms with E-state index in [9.17, 15) is 13.2 Å². The molecular weight excluding hydrogens is 207 g/mol. The number of rotatable bonds is 3. The van der Waals surface area contributed by atoms with Gasteiger partial charge in [0.15, 0.2) is 0 Å². The molecule has 0 aliphatic heterocycles. The van der Waals surface area contributed by atoms with Crippen LogP contribution in [0.2, 0.25) is 0 Å². The molecule has 0 aromatic carbocycles. The zero-order valence-corrected chi connectivity index (χ0v) is 10.1. The summed E-state index contributed by atoms with van der Waals surface area (Å²) in [6, 6.07) is 0. The SMILES string of the molecule is C=C(C=C(C)C(=O)O)S(=O)(=O)O.[H-].[Na+]. The van der Waals surface area contributed by atoms with E-state index in [-0.39, 0.29) is 36.6 Å². The van der Waals surface area contributed by atoms with Crippen LogP contribution < -0.4 is 29.6 Å². The summed E-state index contributed by atoms with van der Waals surface area (Å²) in [5.41, 5.74) is -0.211. The Morgan fingerprint density at radius 1 is 1.54 bits per heavy atom. The second-order valence-corrected chi connectivity index (χ2v) is 3.55. The maximum absolute atomic E-state index is 10.3. The molecule has 0 bridgehead atoms. The number of aliphatic carboxylic acids is 1.